The molecule has 0 fully saturated rings. The minimum absolute atomic E-state index is 0.408. The molecule has 1 unspecified atom stereocenters. The van der Waals surface area contributed by atoms with Gasteiger partial charge in [0.05, 0.1) is 0 Å². The molecule has 0 aliphatic rings. The molecular weight excluding hydrogens is 198 g/mol. The van der Waals surface area contributed by atoms with Crippen molar-refractivity contribution in [3.8, 4) is 0 Å². The van der Waals surface area contributed by atoms with Crippen molar-refractivity contribution in [1.29, 1.82) is 0 Å². The molecule has 3 nitrogen and oxygen atoms in total. The Balaban J connectivity index is 2.48. The van der Waals surface area contributed by atoms with Crippen LogP contribution in [0, 0.1) is 0 Å². The molecule has 0 aromatic carbocycles. The van der Waals surface area contributed by atoms with Gasteiger partial charge < -0.3 is 10.4 Å². The maximum atomic E-state index is 10.6. The van der Waals surface area contributed by atoms with Gasteiger partial charge in [-0.05, 0) is 25.5 Å². The molecule has 2 N–H and O–H groups in total. The van der Waals surface area contributed by atoms with Gasteiger partial charge in [-0.25, -0.2) is 4.79 Å². The van der Waals surface area contributed by atoms with Crippen LogP contribution in [0.3, 0.4) is 0 Å². The SMILES string of the molecule is CCC(C)NCc1ccc(C(=O)O)s1. The molecule has 0 spiro atoms. The van der Waals surface area contributed by atoms with E-state index in [1.807, 2.05) is 6.07 Å². The molecule has 4 heteroatoms. The van der Waals surface area contributed by atoms with Gasteiger partial charge in [-0.2, -0.15) is 0 Å². The van der Waals surface area contributed by atoms with Crippen LogP contribution in [0.15, 0.2) is 12.1 Å². The first kappa shape index (κ1) is 11.2. The Morgan fingerprint density at radius 3 is 2.86 bits per heavy atom. The van der Waals surface area contributed by atoms with Gasteiger partial charge in [-0.3, -0.25) is 0 Å². The summed E-state index contributed by atoms with van der Waals surface area (Å²) in [6, 6.07) is 4.00. The zero-order valence-electron chi connectivity index (χ0n) is 8.41. The van der Waals surface area contributed by atoms with Gasteiger partial charge in [0.15, 0.2) is 0 Å². The normalized spacial score (nSPS) is 12.7. The molecule has 1 aromatic heterocycles. The fraction of sp³-hybridized carbons (Fsp3) is 0.500. The molecule has 0 aliphatic carbocycles. The molecule has 78 valence electrons. The fourth-order valence-corrected chi connectivity index (χ4v) is 1.80. The van der Waals surface area contributed by atoms with Crippen LogP contribution in [0.25, 0.3) is 0 Å². The topological polar surface area (TPSA) is 49.3 Å². The average molecular weight is 213 g/mol. The van der Waals surface area contributed by atoms with E-state index in [0.717, 1.165) is 17.8 Å². The molecule has 0 saturated heterocycles. The van der Waals surface area contributed by atoms with Gasteiger partial charge in [-0.1, -0.05) is 6.92 Å². The van der Waals surface area contributed by atoms with E-state index < -0.39 is 5.97 Å². The summed E-state index contributed by atoms with van der Waals surface area (Å²) in [5.41, 5.74) is 0. The van der Waals surface area contributed by atoms with Crippen molar-refractivity contribution in [2.75, 3.05) is 0 Å². The van der Waals surface area contributed by atoms with E-state index in [0.29, 0.717) is 10.9 Å². The van der Waals surface area contributed by atoms with Crippen molar-refractivity contribution in [3.63, 3.8) is 0 Å². The summed E-state index contributed by atoms with van der Waals surface area (Å²) < 4.78 is 0. The highest BCUT2D eigenvalue weighted by atomic mass is 32.1. The van der Waals surface area contributed by atoms with Crippen LogP contribution in [0.2, 0.25) is 0 Å². The number of hydrogen-bond donors (Lipinski definition) is 2. The minimum Gasteiger partial charge on any atom is -0.477 e. The summed E-state index contributed by atoms with van der Waals surface area (Å²) >= 11 is 1.33. The number of carboxylic acid groups (broad SMARTS) is 1. The monoisotopic (exact) mass is 213 g/mol. The molecule has 1 atom stereocenters. The second-order valence-corrected chi connectivity index (χ2v) is 4.43. The predicted octanol–water partition coefficient (Wildman–Crippen LogP) is 2.33. The Labute approximate surface area is 87.8 Å². The Kier molecular flexibility index (Phi) is 4.10. The van der Waals surface area contributed by atoms with Gasteiger partial charge in [0.25, 0.3) is 0 Å². The Bertz CT molecular complexity index is 309. The van der Waals surface area contributed by atoms with E-state index in [9.17, 15) is 4.79 Å². The van der Waals surface area contributed by atoms with Gasteiger partial charge >= 0.3 is 5.97 Å². The summed E-state index contributed by atoms with van der Waals surface area (Å²) in [5, 5.41) is 12.0. The van der Waals surface area contributed by atoms with Crippen molar-refractivity contribution in [3.05, 3.63) is 21.9 Å². The van der Waals surface area contributed by atoms with Crippen LogP contribution in [0.1, 0.15) is 34.8 Å². The Hall–Kier alpha value is -0.870. The molecule has 1 rings (SSSR count). The van der Waals surface area contributed by atoms with Crippen LogP contribution in [0.4, 0.5) is 0 Å². The van der Waals surface area contributed by atoms with Crippen LogP contribution in [0.5, 0.6) is 0 Å². The van der Waals surface area contributed by atoms with Crippen molar-refractivity contribution in [2.24, 2.45) is 0 Å². The molecule has 14 heavy (non-hydrogen) atoms. The zero-order chi connectivity index (χ0) is 10.6. The van der Waals surface area contributed by atoms with Crippen LogP contribution < -0.4 is 5.32 Å². The third kappa shape index (κ3) is 3.12. The average Bonchev–Trinajstić information content (AvgIpc) is 2.62. The lowest BCUT2D eigenvalue weighted by Gasteiger charge is -2.09. The second-order valence-electron chi connectivity index (χ2n) is 3.26. The van der Waals surface area contributed by atoms with Gasteiger partial charge in [-0.15, -0.1) is 11.3 Å². The molecule has 0 radical (unpaired) electrons. The predicted molar refractivity (Wildman–Crippen MR) is 57.9 cm³/mol. The fourth-order valence-electron chi connectivity index (χ4n) is 1.01. The summed E-state index contributed by atoms with van der Waals surface area (Å²) in [7, 11) is 0. The molecule has 1 heterocycles. The number of aromatic carboxylic acids is 1. The van der Waals surface area contributed by atoms with Crippen molar-refractivity contribution in [2.45, 2.75) is 32.9 Å². The molecule has 0 amide bonds. The van der Waals surface area contributed by atoms with E-state index in [1.165, 1.54) is 11.3 Å². The molecule has 0 aliphatic heterocycles. The van der Waals surface area contributed by atoms with Crippen LogP contribution in [-0.2, 0) is 6.54 Å². The lowest BCUT2D eigenvalue weighted by molar-refractivity contribution is 0.0702. The van der Waals surface area contributed by atoms with Gasteiger partial charge in [0, 0.05) is 17.5 Å². The van der Waals surface area contributed by atoms with Crippen molar-refractivity contribution < 1.29 is 9.90 Å². The lowest BCUT2D eigenvalue weighted by atomic mass is 10.2. The summed E-state index contributed by atoms with van der Waals surface area (Å²) in [6.45, 7) is 4.99. The molecule has 0 saturated carbocycles. The molecule has 0 bridgehead atoms. The van der Waals surface area contributed by atoms with Crippen molar-refractivity contribution in [1.82, 2.24) is 5.32 Å². The quantitative estimate of drug-likeness (QED) is 0.789. The van der Waals surface area contributed by atoms with Gasteiger partial charge in [0.1, 0.15) is 4.88 Å². The first-order chi connectivity index (χ1) is 6.63. The number of carbonyl (C=O) groups is 1. The van der Waals surface area contributed by atoms with E-state index in [-0.39, 0.29) is 0 Å². The number of nitrogens with one attached hydrogen (secondary N) is 1. The second kappa shape index (κ2) is 5.12. The van der Waals surface area contributed by atoms with Crippen molar-refractivity contribution >= 4 is 17.3 Å². The lowest BCUT2D eigenvalue weighted by Crippen LogP contribution is -2.23. The standard InChI is InChI=1S/C10H15NO2S/c1-3-7(2)11-6-8-4-5-9(14-8)10(12)13/h4-5,7,11H,3,6H2,1-2H3,(H,12,13). The van der Waals surface area contributed by atoms with Gasteiger partial charge in [0.2, 0.25) is 0 Å². The number of carboxylic acids is 1. The maximum absolute atomic E-state index is 10.6. The number of hydrogen-bond acceptors (Lipinski definition) is 3. The number of thiophene rings is 1. The first-order valence-electron chi connectivity index (χ1n) is 4.69. The van der Waals surface area contributed by atoms with Crippen LogP contribution in [-0.4, -0.2) is 17.1 Å². The van der Waals surface area contributed by atoms with E-state index in [4.69, 9.17) is 5.11 Å². The Morgan fingerprint density at radius 2 is 2.36 bits per heavy atom. The summed E-state index contributed by atoms with van der Waals surface area (Å²) in [5.74, 6) is -0.843. The highest BCUT2D eigenvalue weighted by Crippen LogP contribution is 2.16. The smallest absolute Gasteiger partial charge is 0.345 e. The van der Waals surface area contributed by atoms with Crippen LogP contribution >= 0.6 is 11.3 Å². The molecular formula is C10H15NO2S. The first-order valence-corrected chi connectivity index (χ1v) is 5.50. The highest BCUT2D eigenvalue weighted by molar-refractivity contribution is 7.13. The Morgan fingerprint density at radius 1 is 1.64 bits per heavy atom. The third-order valence-electron chi connectivity index (χ3n) is 2.11. The number of rotatable bonds is 5. The van der Waals surface area contributed by atoms with E-state index in [1.54, 1.807) is 6.07 Å². The maximum Gasteiger partial charge on any atom is 0.345 e. The van der Waals surface area contributed by atoms with E-state index >= 15 is 0 Å². The summed E-state index contributed by atoms with van der Waals surface area (Å²) in [4.78, 5) is 12.1. The third-order valence-corrected chi connectivity index (χ3v) is 3.18. The summed E-state index contributed by atoms with van der Waals surface area (Å²) in [6.07, 6.45) is 1.08. The minimum atomic E-state index is -0.843. The molecule has 1 aromatic rings. The largest absolute Gasteiger partial charge is 0.477 e. The zero-order valence-corrected chi connectivity index (χ0v) is 9.23. The highest BCUT2D eigenvalue weighted by Gasteiger charge is 2.06. The van der Waals surface area contributed by atoms with E-state index in [2.05, 4.69) is 19.2 Å².